The molecule has 144 valence electrons. The van der Waals surface area contributed by atoms with Crippen molar-refractivity contribution in [3.8, 4) is 17.1 Å². The van der Waals surface area contributed by atoms with Crippen LogP contribution in [0.25, 0.3) is 11.4 Å². The summed E-state index contributed by atoms with van der Waals surface area (Å²) in [6.45, 7) is 5.17. The van der Waals surface area contributed by atoms with Gasteiger partial charge in [-0.1, -0.05) is 35.0 Å². The van der Waals surface area contributed by atoms with Crippen LogP contribution in [0.2, 0.25) is 0 Å². The van der Waals surface area contributed by atoms with Gasteiger partial charge in [0, 0.05) is 18.5 Å². The molecule has 0 spiro atoms. The number of likely N-dealkylation sites (tertiary alicyclic amines) is 1. The Morgan fingerprint density at radius 3 is 2.79 bits per heavy atom. The van der Waals surface area contributed by atoms with Crippen molar-refractivity contribution in [1.29, 1.82) is 0 Å². The molecule has 1 aromatic heterocycles. The third kappa shape index (κ3) is 3.76. The third-order valence-corrected chi connectivity index (χ3v) is 4.91. The van der Waals surface area contributed by atoms with Gasteiger partial charge in [-0.05, 0) is 50.1 Å². The molecule has 1 aliphatic heterocycles. The number of aryl methyl sites for hydroxylation is 1. The molecule has 28 heavy (non-hydrogen) atoms. The van der Waals surface area contributed by atoms with Crippen LogP contribution < -0.4 is 4.74 Å². The second-order valence-corrected chi connectivity index (χ2v) is 6.98. The fourth-order valence-electron chi connectivity index (χ4n) is 3.55. The fourth-order valence-corrected chi connectivity index (χ4v) is 3.55. The quantitative estimate of drug-likeness (QED) is 0.640. The van der Waals surface area contributed by atoms with Gasteiger partial charge in [0.1, 0.15) is 11.8 Å². The molecule has 1 aliphatic rings. The molecule has 1 atom stereocenters. The molecule has 2 aromatic carbocycles. The van der Waals surface area contributed by atoms with Crippen LogP contribution in [0.5, 0.6) is 5.75 Å². The molecular weight excluding hydrogens is 354 g/mol. The van der Waals surface area contributed by atoms with E-state index < -0.39 is 0 Å². The second kappa shape index (κ2) is 7.84. The Kier molecular flexibility index (Phi) is 5.10. The molecule has 0 aliphatic carbocycles. The smallest absolute Gasteiger partial charge is 0.249 e. The van der Waals surface area contributed by atoms with E-state index in [0.29, 0.717) is 37.7 Å². The van der Waals surface area contributed by atoms with E-state index in [1.54, 1.807) is 0 Å². The molecular formula is C22H23N3O3. The Balaban J connectivity index is 1.54. The molecule has 0 radical (unpaired) electrons. The standard InChI is InChI=1S/C22H23N3O3/c1-3-27-18-9-7-17(8-10-18)21-23-22(28-24-21)19-11-12-20(26)25(19)14-16-6-4-5-15(2)13-16/h4-10,13,19H,3,11-12,14H2,1-2H3. The van der Waals surface area contributed by atoms with E-state index in [-0.39, 0.29) is 11.9 Å². The van der Waals surface area contributed by atoms with Gasteiger partial charge in [-0.25, -0.2) is 0 Å². The first-order valence-corrected chi connectivity index (χ1v) is 9.56. The molecule has 0 bridgehead atoms. The van der Waals surface area contributed by atoms with Crippen molar-refractivity contribution in [3.05, 3.63) is 65.5 Å². The minimum atomic E-state index is -0.183. The summed E-state index contributed by atoms with van der Waals surface area (Å²) in [4.78, 5) is 18.9. The average Bonchev–Trinajstić information content (AvgIpc) is 3.30. The van der Waals surface area contributed by atoms with Gasteiger partial charge in [0.2, 0.25) is 17.6 Å². The predicted octanol–water partition coefficient (Wildman–Crippen LogP) is 4.31. The van der Waals surface area contributed by atoms with Gasteiger partial charge < -0.3 is 14.2 Å². The van der Waals surface area contributed by atoms with Crippen LogP contribution in [-0.4, -0.2) is 27.6 Å². The van der Waals surface area contributed by atoms with Crippen LogP contribution in [0.4, 0.5) is 0 Å². The molecule has 2 heterocycles. The van der Waals surface area contributed by atoms with Crippen LogP contribution in [0.1, 0.15) is 42.8 Å². The minimum Gasteiger partial charge on any atom is -0.494 e. The van der Waals surface area contributed by atoms with E-state index in [9.17, 15) is 4.79 Å². The van der Waals surface area contributed by atoms with Crippen LogP contribution in [0.15, 0.2) is 53.1 Å². The number of carbonyl (C=O) groups excluding carboxylic acids is 1. The monoisotopic (exact) mass is 377 g/mol. The van der Waals surface area contributed by atoms with Gasteiger partial charge >= 0.3 is 0 Å². The summed E-state index contributed by atoms with van der Waals surface area (Å²) in [6.07, 6.45) is 1.19. The van der Waals surface area contributed by atoms with Crippen molar-refractivity contribution in [1.82, 2.24) is 15.0 Å². The van der Waals surface area contributed by atoms with E-state index >= 15 is 0 Å². The Bertz CT molecular complexity index is 965. The first-order chi connectivity index (χ1) is 13.6. The normalized spacial score (nSPS) is 16.6. The summed E-state index contributed by atoms with van der Waals surface area (Å²) in [5.41, 5.74) is 3.13. The van der Waals surface area contributed by atoms with Gasteiger partial charge in [-0.2, -0.15) is 4.98 Å². The molecule has 6 nitrogen and oxygen atoms in total. The fraction of sp³-hybridized carbons (Fsp3) is 0.318. The molecule has 1 amide bonds. The molecule has 0 saturated carbocycles. The Morgan fingerprint density at radius 1 is 1.21 bits per heavy atom. The summed E-state index contributed by atoms with van der Waals surface area (Å²) in [5.74, 6) is 1.93. The summed E-state index contributed by atoms with van der Waals surface area (Å²) in [6, 6.07) is 15.6. The third-order valence-electron chi connectivity index (χ3n) is 4.91. The summed E-state index contributed by atoms with van der Waals surface area (Å²) in [7, 11) is 0. The van der Waals surface area contributed by atoms with Crippen LogP contribution in [-0.2, 0) is 11.3 Å². The average molecular weight is 377 g/mol. The number of aromatic nitrogens is 2. The zero-order chi connectivity index (χ0) is 19.5. The Hall–Kier alpha value is -3.15. The molecule has 1 saturated heterocycles. The van der Waals surface area contributed by atoms with E-state index in [4.69, 9.17) is 9.26 Å². The molecule has 1 unspecified atom stereocenters. The lowest BCUT2D eigenvalue weighted by Gasteiger charge is -2.22. The molecule has 0 N–H and O–H groups in total. The number of hydrogen-bond donors (Lipinski definition) is 0. The topological polar surface area (TPSA) is 68.5 Å². The number of amides is 1. The summed E-state index contributed by atoms with van der Waals surface area (Å²) >= 11 is 0. The SMILES string of the molecule is CCOc1ccc(-c2noc(C3CCC(=O)N3Cc3cccc(C)c3)n2)cc1. The van der Waals surface area contributed by atoms with Gasteiger partial charge in [0.25, 0.3) is 0 Å². The van der Waals surface area contributed by atoms with Crippen LogP contribution >= 0.6 is 0 Å². The molecule has 3 aromatic rings. The predicted molar refractivity (Wildman–Crippen MR) is 105 cm³/mol. The largest absolute Gasteiger partial charge is 0.494 e. The first-order valence-electron chi connectivity index (χ1n) is 9.56. The first kappa shape index (κ1) is 18.2. The maximum atomic E-state index is 12.4. The number of rotatable bonds is 6. The highest BCUT2D eigenvalue weighted by Gasteiger charge is 2.36. The Morgan fingerprint density at radius 2 is 2.04 bits per heavy atom. The van der Waals surface area contributed by atoms with E-state index in [1.807, 2.05) is 61.2 Å². The lowest BCUT2D eigenvalue weighted by molar-refractivity contribution is -0.129. The van der Waals surface area contributed by atoms with Crippen molar-refractivity contribution in [2.45, 2.75) is 39.3 Å². The number of hydrogen-bond acceptors (Lipinski definition) is 5. The number of benzene rings is 2. The zero-order valence-corrected chi connectivity index (χ0v) is 16.1. The number of nitrogens with zero attached hydrogens (tertiary/aromatic N) is 3. The van der Waals surface area contributed by atoms with E-state index in [2.05, 4.69) is 16.2 Å². The highest BCUT2D eigenvalue weighted by atomic mass is 16.5. The lowest BCUT2D eigenvalue weighted by atomic mass is 10.1. The van der Waals surface area contributed by atoms with Gasteiger partial charge in [-0.15, -0.1) is 0 Å². The summed E-state index contributed by atoms with van der Waals surface area (Å²) in [5, 5.41) is 4.12. The van der Waals surface area contributed by atoms with E-state index in [1.165, 1.54) is 5.56 Å². The number of ether oxygens (including phenoxy) is 1. The highest BCUT2D eigenvalue weighted by molar-refractivity contribution is 5.78. The maximum Gasteiger partial charge on any atom is 0.249 e. The second-order valence-electron chi connectivity index (χ2n) is 6.98. The van der Waals surface area contributed by atoms with Crippen LogP contribution in [0.3, 0.4) is 0 Å². The van der Waals surface area contributed by atoms with Crippen LogP contribution in [0, 0.1) is 6.92 Å². The maximum absolute atomic E-state index is 12.4. The van der Waals surface area contributed by atoms with Gasteiger partial charge in [0.15, 0.2) is 0 Å². The summed E-state index contributed by atoms with van der Waals surface area (Å²) < 4.78 is 11.0. The van der Waals surface area contributed by atoms with Crippen molar-refractivity contribution >= 4 is 5.91 Å². The van der Waals surface area contributed by atoms with Crippen molar-refractivity contribution in [2.75, 3.05) is 6.61 Å². The van der Waals surface area contributed by atoms with Crippen molar-refractivity contribution in [3.63, 3.8) is 0 Å². The van der Waals surface area contributed by atoms with E-state index in [0.717, 1.165) is 16.9 Å². The van der Waals surface area contributed by atoms with Crippen molar-refractivity contribution < 1.29 is 14.1 Å². The van der Waals surface area contributed by atoms with Gasteiger partial charge in [0.05, 0.1) is 6.61 Å². The Labute approximate surface area is 164 Å². The highest BCUT2D eigenvalue weighted by Crippen LogP contribution is 2.34. The molecule has 6 heteroatoms. The zero-order valence-electron chi connectivity index (χ0n) is 16.1. The molecule has 1 fully saturated rings. The van der Waals surface area contributed by atoms with Crippen molar-refractivity contribution in [2.24, 2.45) is 0 Å². The minimum absolute atomic E-state index is 0.118. The number of carbonyl (C=O) groups is 1. The van der Waals surface area contributed by atoms with Gasteiger partial charge in [-0.3, -0.25) is 4.79 Å². The lowest BCUT2D eigenvalue weighted by Crippen LogP contribution is -2.27. The molecule has 4 rings (SSSR count).